The fraction of sp³-hybridized carbons (Fsp3) is 0.672. The van der Waals surface area contributed by atoms with E-state index in [1.165, 1.54) is 31.3 Å². The van der Waals surface area contributed by atoms with Crippen LogP contribution in [0.3, 0.4) is 0 Å². The summed E-state index contributed by atoms with van der Waals surface area (Å²) in [5.41, 5.74) is 1.05. The Morgan fingerprint density at radius 2 is 1.52 bits per heavy atom. The van der Waals surface area contributed by atoms with Gasteiger partial charge in [0.25, 0.3) is 11.7 Å². The van der Waals surface area contributed by atoms with E-state index in [9.17, 15) is 43.5 Å². The molecule has 3 saturated heterocycles. The summed E-state index contributed by atoms with van der Waals surface area (Å²) in [5.74, 6) is -11.2. The second-order valence-electron chi connectivity index (χ2n) is 22.4. The molecule has 4 aliphatic heterocycles. The van der Waals surface area contributed by atoms with E-state index in [4.69, 9.17) is 42.6 Å². The SMILES string of the molecule is C=CCOC(=O)CCC(=O)O[C@@H]1C(C)C=C(C)C(=O)C[C@@H]2OC(=O)[C@@H]3C(CCCN3C(=O)C(=O)[C@]3(O)O[C@@H](CC[C@H]3C)C[C@H](OC)C(C)=CC=CC=C[C@@H](C)C[C@@H](C)C(=O)[C@@H]1OC)[C@@H]2C[C@@H]1CC[C@@H](OC(=O)OCC=C)[C@H](OC)C1. The Morgan fingerprint density at radius 1 is 0.812 bits per heavy atom. The number of nitrogens with zero attached hydrogens (tertiary/aromatic N) is 1. The molecule has 1 saturated carbocycles. The highest BCUT2D eigenvalue weighted by molar-refractivity contribution is 6.39. The summed E-state index contributed by atoms with van der Waals surface area (Å²) in [4.78, 5) is 112. The zero-order valence-electron chi connectivity index (χ0n) is 48.3. The highest BCUT2D eigenvalue weighted by Gasteiger charge is 2.57. The number of ketones is 3. The summed E-state index contributed by atoms with van der Waals surface area (Å²) in [6.45, 7) is 17.6. The number of carbonyl (C=O) groups is 8. The molecule has 1 aliphatic carbocycles. The van der Waals surface area contributed by atoms with E-state index in [0.29, 0.717) is 57.8 Å². The molecule has 16 atom stereocenters. The molecule has 0 aromatic heterocycles. The van der Waals surface area contributed by atoms with Gasteiger partial charge in [-0.15, -0.1) is 0 Å². The zero-order valence-corrected chi connectivity index (χ0v) is 48.3. The van der Waals surface area contributed by atoms with Gasteiger partial charge in [-0.05, 0) is 101 Å². The molecule has 19 nitrogen and oxygen atoms in total. The normalized spacial score (nSPS) is 34.4. The van der Waals surface area contributed by atoms with Gasteiger partial charge in [0.1, 0.15) is 37.6 Å². The minimum atomic E-state index is -2.50. The minimum absolute atomic E-state index is 0.0210. The molecule has 0 aromatic rings. The van der Waals surface area contributed by atoms with Gasteiger partial charge < -0.3 is 52.6 Å². The topological polar surface area (TPSA) is 243 Å². The Morgan fingerprint density at radius 3 is 2.21 bits per heavy atom. The van der Waals surface area contributed by atoms with E-state index in [0.717, 1.165) is 5.57 Å². The number of aliphatic hydroxyl groups is 1. The van der Waals surface area contributed by atoms with Crippen LogP contribution in [0.1, 0.15) is 125 Å². The summed E-state index contributed by atoms with van der Waals surface area (Å²) in [5, 5.41) is 12.2. The van der Waals surface area contributed by atoms with Crippen molar-refractivity contribution in [1.82, 2.24) is 4.90 Å². The lowest BCUT2D eigenvalue weighted by molar-refractivity contribution is -0.266. The van der Waals surface area contributed by atoms with E-state index < -0.39 is 126 Å². The van der Waals surface area contributed by atoms with Crippen LogP contribution in [0.25, 0.3) is 0 Å². The van der Waals surface area contributed by atoms with Crippen LogP contribution in [0.5, 0.6) is 0 Å². The van der Waals surface area contributed by atoms with Crippen molar-refractivity contribution in [2.24, 2.45) is 41.4 Å². The first-order valence-electron chi connectivity index (χ1n) is 28.3. The van der Waals surface area contributed by atoms with Crippen LogP contribution in [-0.4, -0.2) is 153 Å². The van der Waals surface area contributed by atoms with Crippen LogP contribution in [0, 0.1) is 41.4 Å². The van der Waals surface area contributed by atoms with Gasteiger partial charge in [0.15, 0.2) is 17.7 Å². The van der Waals surface area contributed by atoms with Crippen LogP contribution >= 0.6 is 0 Å². The molecule has 5 rings (SSSR count). The maximum atomic E-state index is 14.7. The molecule has 5 aliphatic rings. The number of piperidine rings is 1. The summed E-state index contributed by atoms with van der Waals surface area (Å²) >= 11 is 0. The van der Waals surface area contributed by atoms with Crippen LogP contribution < -0.4 is 0 Å². The molecule has 1 N–H and O–H groups in total. The van der Waals surface area contributed by atoms with Crippen molar-refractivity contribution >= 4 is 47.3 Å². The van der Waals surface area contributed by atoms with Crippen molar-refractivity contribution < 1.29 is 86.1 Å². The van der Waals surface area contributed by atoms with Gasteiger partial charge in [-0.25, -0.2) is 9.59 Å². The molecule has 1 amide bonds. The fourth-order valence-electron chi connectivity index (χ4n) is 12.1. The zero-order chi connectivity index (χ0) is 58.8. The summed E-state index contributed by atoms with van der Waals surface area (Å²) in [7, 11) is 4.42. The number of methoxy groups -OCH3 is 3. The van der Waals surface area contributed by atoms with Gasteiger partial charge in [0.2, 0.25) is 5.79 Å². The van der Waals surface area contributed by atoms with Gasteiger partial charge in [-0.1, -0.05) is 89.5 Å². The van der Waals surface area contributed by atoms with Crippen molar-refractivity contribution in [3.63, 3.8) is 0 Å². The molecule has 4 bridgehead atoms. The Balaban J connectivity index is 1.55. The molecule has 2 unspecified atom stereocenters. The number of allylic oxidation sites excluding steroid dienone is 6. The van der Waals surface area contributed by atoms with Gasteiger partial charge >= 0.3 is 24.1 Å². The second kappa shape index (κ2) is 31.0. The third-order valence-corrected chi connectivity index (χ3v) is 16.6. The molecule has 4 fully saturated rings. The smallest absolute Gasteiger partial charge is 0.461 e. The van der Waals surface area contributed by atoms with Crippen molar-refractivity contribution in [2.75, 3.05) is 41.1 Å². The van der Waals surface area contributed by atoms with Crippen LogP contribution in [0.15, 0.2) is 72.9 Å². The molecule has 4 heterocycles. The van der Waals surface area contributed by atoms with Crippen molar-refractivity contribution in [3.8, 4) is 0 Å². The van der Waals surface area contributed by atoms with E-state index >= 15 is 0 Å². The van der Waals surface area contributed by atoms with E-state index in [2.05, 4.69) is 13.2 Å². The van der Waals surface area contributed by atoms with Crippen molar-refractivity contribution in [3.05, 3.63) is 72.9 Å². The predicted octanol–water partition coefficient (Wildman–Crippen LogP) is 7.81. The largest absolute Gasteiger partial charge is 0.508 e. The third-order valence-electron chi connectivity index (χ3n) is 16.6. The first-order chi connectivity index (χ1) is 38.1. The van der Waals surface area contributed by atoms with Gasteiger partial charge in [0.05, 0.1) is 31.2 Å². The number of fused-ring (bicyclic) bond motifs is 4. The average molecular weight is 1120 g/mol. The van der Waals surface area contributed by atoms with Crippen LogP contribution in [0.4, 0.5) is 4.79 Å². The van der Waals surface area contributed by atoms with Crippen molar-refractivity contribution in [2.45, 2.75) is 180 Å². The van der Waals surface area contributed by atoms with Crippen molar-refractivity contribution in [1.29, 1.82) is 0 Å². The summed E-state index contributed by atoms with van der Waals surface area (Å²) in [6.07, 6.45) is 10.3. The number of rotatable bonds is 14. The molecule has 80 heavy (non-hydrogen) atoms. The molecule has 444 valence electrons. The number of ether oxygens (including phenoxy) is 9. The maximum Gasteiger partial charge on any atom is 0.508 e. The Hall–Kier alpha value is -5.60. The van der Waals surface area contributed by atoms with Gasteiger partial charge in [0, 0.05) is 64.4 Å². The molecular weight excluding hydrogens is 1030 g/mol. The molecular formula is C61H87NO18. The van der Waals surface area contributed by atoms with Gasteiger partial charge in [-0.2, -0.15) is 0 Å². The summed E-state index contributed by atoms with van der Waals surface area (Å²) < 4.78 is 51.8. The molecule has 0 radical (unpaired) electrons. The van der Waals surface area contributed by atoms with Crippen LogP contribution in [0.2, 0.25) is 0 Å². The number of amides is 1. The van der Waals surface area contributed by atoms with E-state index in [1.807, 2.05) is 44.2 Å². The quantitative estimate of drug-likeness (QED) is 0.0754. The number of Topliss-reactive ketones (excluding diaryl/α,β-unsaturated/α-hetero) is 3. The maximum absolute atomic E-state index is 14.7. The lowest BCUT2D eigenvalue weighted by Gasteiger charge is -2.50. The summed E-state index contributed by atoms with van der Waals surface area (Å²) in [6, 6.07) is -1.23. The number of carbonyl (C=O) groups excluding carboxylic acids is 8. The Labute approximate surface area is 471 Å². The first kappa shape index (κ1) is 65.2. The Bertz CT molecular complexity index is 2340. The molecule has 0 spiro atoms. The highest BCUT2D eigenvalue weighted by Crippen LogP contribution is 2.46. The Kier molecular flexibility index (Phi) is 25.3. The number of hydrogen-bond donors (Lipinski definition) is 1. The lowest BCUT2D eigenvalue weighted by atomic mass is 9.68. The third kappa shape index (κ3) is 17.2. The molecule has 0 aromatic carbocycles. The molecule has 19 heteroatoms. The van der Waals surface area contributed by atoms with E-state index in [-0.39, 0.29) is 68.6 Å². The number of esters is 3. The standard InChI is InChI=1S/C61H87NO18/c1-12-28-75-51(64)25-26-52(65)79-55-40(7)31-38(5)46(63)35-49-45(32-42-22-24-47(50(33-42)73-10)78-60(70)76-29-13-2)44-20-17-27-62(53(44)59(69)77-49)58(68)57(67)61(71)41(8)21-23-43(80-61)34-48(72-9)37(4)19-16-14-15-18-36(3)30-39(6)54(66)56(55)74-11/h12-16,18-19,31,36,39-45,47-50,53,55-56,71H,1-2,17,20-30,32-35H2,3-11H3/t36-,39-,40?,41-,42+,43+,44?,45+,47-,48+,49+,50-,53+,55-,56+,61-/m1/s1. The lowest BCUT2D eigenvalue weighted by Crippen LogP contribution is -2.65. The number of hydrogen-bond acceptors (Lipinski definition) is 18. The minimum Gasteiger partial charge on any atom is -0.461 e. The average Bonchev–Trinajstić information content (AvgIpc) is 3.51. The predicted molar refractivity (Wildman–Crippen MR) is 293 cm³/mol. The van der Waals surface area contributed by atoms with E-state index in [1.54, 1.807) is 40.9 Å². The first-order valence-corrected chi connectivity index (χ1v) is 28.3. The highest BCUT2D eigenvalue weighted by atomic mass is 16.7. The van der Waals surface area contributed by atoms with Gasteiger partial charge in [-0.3, -0.25) is 28.8 Å². The fourth-order valence-corrected chi connectivity index (χ4v) is 12.1. The van der Waals surface area contributed by atoms with Crippen LogP contribution in [-0.2, 0) is 76.2 Å². The monoisotopic (exact) mass is 1120 g/mol. The second-order valence-corrected chi connectivity index (χ2v) is 22.4.